The number of anilines is 1. The van der Waals surface area contributed by atoms with Crippen molar-refractivity contribution in [2.75, 3.05) is 18.1 Å². The quantitative estimate of drug-likeness (QED) is 0.561. The van der Waals surface area contributed by atoms with Gasteiger partial charge in [0, 0.05) is 25.5 Å². The highest BCUT2D eigenvalue weighted by molar-refractivity contribution is 7.71. The maximum atomic E-state index is 11.8. The third kappa shape index (κ3) is 1.96. The summed E-state index contributed by atoms with van der Waals surface area (Å²) >= 11 is 4.89. The first kappa shape index (κ1) is 12.1. The predicted octanol–water partition coefficient (Wildman–Crippen LogP) is -0.346. The minimum Gasteiger partial charge on any atom is -0.396 e. The molecule has 3 heterocycles. The number of hydrogen-bond donors (Lipinski definition) is 4. The molecule has 0 aliphatic carbocycles. The summed E-state index contributed by atoms with van der Waals surface area (Å²) in [6.07, 6.45) is 0.251. The molecule has 19 heavy (non-hydrogen) atoms. The summed E-state index contributed by atoms with van der Waals surface area (Å²) < 4.78 is 0.297. The van der Waals surface area contributed by atoms with Gasteiger partial charge >= 0.3 is 0 Å². The lowest BCUT2D eigenvalue weighted by Crippen LogP contribution is -2.29. The van der Waals surface area contributed by atoms with Gasteiger partial charge < -0.3 is 15.1 Å². The first-order valence-electron chi connectivity index (χ1n) is 5.72. The van der Waals surface area contributed by atoms with Crippen LogP contribution in [0.25, 0.3) is 11.2 Å². The van der Waals surface area contributed by atoms with Crippen LogP contribution in [0.4, 0.5) is 5.95 Å². The zero-order valence-corrected chi connectivity index (χ0v) is 10.6. The lowest BCUT2D eigenvalue weighted by Gasteiger charge is -2.14. The van der Waals surface area contributed by atoms with Crippen LogP contribution in [-0.2, 0) is 4.79 Å². The van der Waals surface area contributed by atoms with Crippen molar-refractivity contribution in [1.82, 2.24) is 19.9 Å². The third-order valence-electron chi connectivity index (χ3n) is 3.10. The molecule has 1 amide bonds. The molecular formula is C10H11N5O3S. The van der Waals surface area contributed by atoms with Gasteiger partial charge in [0.05, 0.1) is 0 Å². The maximum Gasteiger partial charge on any atom is 0.278 e. The van der Waals surface area contributed by atoms with Crippen molar-refractivity contribution in [3.05, 3.63) is 15.1 Å². The van der Waals surface area contributed by atoms with Gasteiger partial charge in [0.15, 0.2) is 10.4 Å². The Morgan fingerprint density at radius 3 is 2.84 bits per heavy atom. The Morgan fingerprint density at radius 2 is 2.16 bits per heavy atom. The van der Waals surface area contributed by atoms with Crippen molar-refractivity contribution in [2.24, 2.45) is 5.92 Å². The normalized spacial score (nSPS) is 19.5. The lowest BCUT2D eigenvalue weighted by atomic mass is 10.1. The first-order chi connectivity index (χ1) is 9.08. The monoisotopic (exact) mass is 281 g/mol. The SMILES string of the molecule is O=C1CC(CO)CN1c1nc2[nH]c(=S)[nH]c2c(=O)[nH]1. The summed E-state index contributed by atoms with van der Waals surface area (Å²) in [4.78, 5) is 37.2. The average Bonchev–Trinajstić information content (AvgIpc) is 2.91. The van der Waals surface area contributed by atoms with Gasteiger partial charge in [-0.25, -0.2) is 0 Å². The van der Waals surface area contributed by atoms with Gasteiger partial charge in [-0.1, -0.05) is 0 Å². The van der Waals surface area contributed by atoms with E-state index < -0.39 is 5.56 Å². The molecule has 3 rings (SSSR count). The van der Waals surface area contributed by atoms with Gasteiger partial charge in [-0.2, -0.15) is 4.98 Å². The highest BCUT2D eigenvalue weighted by atomic mass is 32.1. The van der Waals surface area contributed by atoms with Crippen molar-refractivity contribution in [2.45, 2.75) is 6.42 Å². The summed E-state index contributed by atoms with van der Waals surface area (Å²) in [6.45, 7) is 0.274. The molecule has 1 fully saturated rings. The molecule has 1 aliphatic rings. The van der Waals surface area contributed by atoms with Crippen LogP contribution in [0.5, 0.6) is 0 Å². The number of amides is 1. The predicted molar refractivity (Wildman–Crippen MR) is 69.4 cm³/mol. The van der Waals surface area contributed by atoms with E-state index in [-0.39, 0.29) is 36.3 Å². The number of nitrogens with one attached hydrogen (secondary N) is 3. The molecule has 8 nitrogen and oxygen atoms in total. The van der Waals surface area contributed by atoms with Crippen LogP contribution in [0.1, 0.15) is 6.42 Å². The van der Waals surface area contributed by atoms with Gasteiger partial charge in [0.1, 0.15) is 5.52 Å². The van der Waals surface area contributed by atoms with E-state index in [0.717, 1.165) is 0 Å². The number of imidazole rings is 1. The van der Waals surface area contributed by atoms with Crippen LogP contribution in [0.15, 0.2) is 4.79 Å². The first-order valence-corrected chi connectivity index (χ1v) is 6.13. The van der Waals surface area contributed by atoms with E-state index in [9.17, 15) is 9.59 Å². The number of rotatable bonds is 2. The number of aromatic nitrogens is 4. The van der Waals surface area contributed by atoms with Crippen molar-refractivity contribution < 1.29 is 9.90 Å². The summed E-state index contributed by atoms with van der Waals surface area (Å²) in [7, 11) is 0. The van der Waals surface area contributed by atoms with Gasteiger partial charge in [0.25, 0.3) is 5.56 Å². The number of fused-ring (bicyclic) bond motifs is 1. The number of H-pyrrole nitrogens is 3. The Bertz CT molecular complexity index is 760. The number of aromatic amines is 3. The van der Waals surface area contributed by atoms with Crippen LogP contribution >= 0.6 is 12.2 Å². The van der Waals surface area contributed by atoms with Gasteiger partial charge in [-0.3, -0.25) is 19.5 Å². The maximum absolute atomic E-state index is 11.8. The van der Waals surface area contributed by atoms with E-state index in [4.69, 9.17) is 17.3 Å². The van der Waals surface area contributed by atoms with Gasteiger partial charge in [0.2, 0.25) is 11.9 Å². The second kappa shape index (κ2) is 4.28. The fourth-order valence-corrected chi connectivity index (χ4v) is 2.36. The zero-order chi connectivity index (χ0) is 13.6. The fraction of sp³-hybridized carbons (Fsp3) is 0.400. The highest BCUT2D eigenvalue weighted by Gasteiger charge is 2.31. The molecule has 2 aromatic heterocycles. The Kier molecular flexibility index (Phi) is 2.72. The topological polar surface area (TPSA) is 118 Å². The lowest BCUT2D eigenvalue weighted by molar-refractivity contribution is -0.117. The Labute approximate surface area is 111 Å². The van der Waals surface area contributed by atoms with E-state index in [0.29, 0.717) is 17.0 Å². The Balaban J connectivity index is 2.08. The summed E-state index contributed by atoms with van der Waals surface area (Å²) in [5, 5.41) is 9.08. The summed E-state index contributed by atoms with van der Waals surface area (Å²) in [5.74, 6) is -0.127. The van der Waals surface area contributed by atoms with Gasteiger partial charge in [-0.05, 0) is 12.2 Å². The molecule has 0 saturated carbocycles. The fourth-order valence-electron chi connectivity index (χ4n) is 2.16. The molecule has 100 valence electrons. The van der Waals surface area contributed by atoms with Crippen molar-refractivity contribution in [3.63, 3.8) is 0 Å². The molecule has 4 N–H and O–H groups in total. The molecule has 9 heteroatoms. The molecule has 1 unspecified atom stereocenters. The number of carbonyl (C=O) groups excluding carboxylic acids is 1. The average molecular weight is 281 g/mol. The van der Waals surface area contributed by atoms with Crippen LogP contribution in [0.2, 0.25) is 0 Å². The van der Waals surface area contributed by atoms with Crippen LogP contribution in [0, 0.1) is 10.7 Å². The molecule has 2 aromatic rings. The molecule has 1 atom stereocenters. The van der Waals surface area contributed by atoms with Gasteiger partial charge in [-0.15, -0.1) is 0 Å². The number of aliphatic hydroxyl groups excluding tert-OH is 1. The Morgan fingerprint density at radius 1 is 1.37 bits per heavy atom. The van der Waals surface area contributed by atoms with E-state index in [2.05, 4.69) is 19.9 Å². The molecule has 1 saturated heterocycles. The minimum atomic E-state index is -0.396. The number of aliphatic hydroxyl groups is 1. The molecule has 0 radical (unpaired) electrons. The van der Waals surface area contributed by atoms with Crippen molar-refractivity contribution in [1.29, 1.82) is 0 Å². The van der Waals surface area contributed by atoms with E-state index in [1.807, 2.05) is 0 Å². The van der Waals surface area contributed by atoms with Crippen molar-refractivity contribution in [3.8, 4) is 0 Å². The molecule has 0 aromatic carbocycles. The minimum absolute atomic E-state index is 0.0682. The zero-order valence-electron chi connectivity index (χ0n) is 9.77. The summed E-state index contributed by atoms with van der Waals surface area (Å²) in [6, 6.07) is 0. The number of nitrogens with zero attached hydrogens (tertiary/aromatic N) is 2. The third-order valence-corrected chi connectivity index (χ3v) is 3.30. The highest BCUT2D eigenvalue weighted by Crippen LogP contribution is 2.21. The number of hydrogen-bond acceptors (Lipinski definition) is 5. The van der Waals surface area contributed by atoms with Crippen LogP contribution < -0.4 is 10.5 Å². The number of carbonyl (C=O) groups is 1. The van der Waals surface area contributed by atoms with Crippen LogP contribution in [0.3, 0.4) is 0 Å². The Hall–Kier alpha value is -2.00. The van der Waals surface area contributed by atoms with E-state index in [1.54, 1.807) is 0 Å². The largest absolute Gasteiger partial charge is 0.396 e. The molecule has 1 aliphatic heterocycles. The standard InChI is InChI=1S/C10H11N5O3S/c16-3-4-1-5(17)15(2-4)9-12-7-6(8(18)14-9)11-10(19)13-7/h4,16H,1-3H2,(H3,11,12,13,14,18,19). The molecule has 0 spiro atoms. The van der Waals surface area contributed by atoms with E-state index >= 15 is 0 Å². The molecule has 0 bridgehead atoms. The second-order valence-corrected chi connectivity index (χ2v) is 4.86. The van der Waals surface area contributed by atoms with E-state index in [1.165, 1.54) is 4.90 Å². The molecular weight excluding hydrogens is 270 g/mol. The smallest absolute Gasteiger partial charge is 0.278 e. The van der Waals surface area contributed by atoms with Crippen LogP contribution in [-0.4, -0.2) is 44.1 Å². The van der Waals surface area contributed by atoms with Crippen molar-refractivity contribution >= 4 is 35.2 Å². The second-order valence-electron chi connectivity index (χ2n) is 4.45. The summed E-state index contributed by atoms with van der Waals surface area (Å²) in [5.41, 5.74) is 0.163.